The van der Waals surface area contributed by atoms with Crippen molar-refractivity contribution in [1.29, 1.82) is 0 Å². The molecule has 0 fully saturated rings. The quantitative estimate of drug-likeness (QED) is 0.917. The first-order valence-electron chi connectivity index (χ1n) is 5.71. The highest BCUT2D eigenvalue weighted by molar-refractivity contribution is 6.31. The first-order valence-corrected chi connectivity index (χ1v) is 6.09. The zero-order valence-corrected chi connectivity index (χ0v) is 11.4. The van der Waals surface area contributed by atoms with E-state index in [4.69, 9.17) is 17.3 Å². The van der Waals surface area contributed by atoms with Gasteiger partial charge in [-0.05, 0) is 13.8 Å². The topological polar surface area (TPSA) is 69.6 Å². The van der Waals surface area contributed by atoms with Crippen LogP contribution in [0.3, 0.4) is 0 Å². The standard InChI is InChI=1S/C12H16ClN5/c1-7-5-16-10(6-15-7)9(14)4-11-12(13)8(2)17-18(11)3/h5-6,9H,4,14H2,1-3H3. The molecular formula is C12H16ClN5. The molecule has 1 atom stereocenters. The van der Waals surface area contributed by atoms with Crippen molar-refractivity contribution in [3.8, 4) is 0 Å². The molecule has 2 N–H and O–H groups in total. The first-order chi connectivity index (χ1) is 8.49. The molecule has 0 saturated carbocycles. The van der Waals surface area contributed by atoms with Crippen molar-refractivity contribution in [2.75, 3.05) is 0 Å². The monoisotopic (exact) mass is 265 g/mol. The van der Waals surface area contributed by atoms with Crippen molar-refractivity contribution < 1.29 is 0 Å². The second-order valence-electron chi connectivity index (χ2n) is 4.36. The molecule has 0 aliphatic carbocycles. The number of hydrogen-bond acceptors (Lipinski definition) is 4. The predicted octanol–water partition coefficient (Wildman–Crippen LogP) is 1.72. The average molecular weight is 266 g/mol. The molecule has 0 aromatic carbocycles. The molecule has 5 nitrogen and oxygen atoms in total. The van der Waals surface area contributed by atoms with E-state index in [9.17, 15) is 0 Å². The Labute approximate surface area is 111 Å². The van der Waals surface area contributed by atoms with Gasteiger partial charge in [-0.3, -0.25) is 14.6 Å². The van der Waals surface area contributed by atoms with Gasteiger partial charge < -0.3 is 5.73 Å². The second-order valence-corrected chi connectivity index (χ2v) is 4.74. The number of aromatic nitrogens is 4. The molecule has 6 heteroatoms. The second kappa shape index (κ2) is 5.04. The minimum absolute atomic E-state index is 0.231. The van der Waals surface area contributed by atoms with Gasteiger partial charge >= 0.3 is 0 Å². The summed E-state index contributed by atoms with van der Waals surface area (Å²) >= 11 is 6.20. The van der Waals surface area contributed by atoms with Crippen LogP contribution < -0.4 is 5.73 Å². The lowest BCUT2D eigenvalue weighted by atomic mass is 10.1. The Morgan fingerprint density at radius 3 is 2.56 bits per heavy atom. The van der Waals surface area contributed by atoms with E-state index in [-0.39, 0.29) is 6.04 Å². The smallest absolute Gasteiger partial charge is 0.0847 e. The summed E-state index contributed by atoms with van der Waals surface area (Å²) in [6, 6.07) is -0.231. The SMILES string of the molecule is Cc1cnc(C(N)Cc2c(Cl)c(C)nn2C)cn1. The molecule has 2 heterocycles. The third kappa shape index (κ3) is 2.52. The summed E-state index contributed by atoms with van der Waals surface area (Å²) in [6.07, 6.45) is 4.01. The zero-order valence-electron chi connectivity index (χ0n) is 10.7. The summed E-state index contributed by atoms with van der Waals surface area (Å²) in [5.41, 5.74) is 9.49. The number of halogens is 1. The van der Waals surface area contributed by atoms with Crippen LogP contribution in [-0.2, 0) is 13.5 Å². The van der Waals surface area contributed by atoms with Gasteiger partial charge in [0.2, 0.25) is 0 Å². The van der Waals surface area contributed by atoms with Gasteiger partial charge in [0.15, 0.2) is 0 Å². The molecule has 18 heavy (non-hydrogen) atoms. The number of nitrogens with zero attached hydrogens (tertiary/aromatic N) is 4. The summed E-state index contributed by atoms with van der Waals surface area (Å²) in [5, 5.41) is 4.94. The lowest BCUT2D eigenvalue weighted by Gasteiger charge is -2.11. The number of nitrogens with two attached hydrogens (primary N) is 1. The van der Waals surface area contributed by atoms with Gasteiger partial charge in [0.25, 0.3) is 0 Å². The first kappa shape index (κ1) is 13.0. The van der Waals surface area contributed by atoms with Crippen LogP contribution in [0.2, 0.25) is 5.02 Å². The van der Waals surface area contributed by atoms with E-state index < -0.39 is 0 Å². The van der Waals surface area contributed by atoms with Crippen LogP contribution in [-0.4, -0.2) is 19.7 Å². The molecule has 0 bridgehead atoms. The predicted molar refractivity (Wildman–Crippen MR) is 70.4 cm³/mol. The van der Waals surface area contributed by atoms with Crippen LogP contribution >= 0.6 is 11.6 Å². The van der Waals surface area contributed by atoms with Crippen LogP contribution in [0.25, 0.3) is 0 Å². The largest absolute Gasteiger partial charge is 0.322 e. The Morgan fingerprint density at radius 2 is 2.06 bits per heavy atom. The maximum Gasteiger partial charge on any atom is 0.0847 e. The average Bonchev–Trinajstić information content (AvgIpc) is 2.57. The van der Waals surface area contributed by atoms with Crippen molar-refractivity contribution >= 4 is 11.6 Å². The van der Waals surface area contributed by atoms with Gasteiger partial charge in [0, 0.05) is 19.7 Å². The van der Waals surface area contributed by atoms with Crippen molar-refractivity contribution in [3.05, 3.63) is 40.2 Å². The zero-order chi connectivity index (χ0) is 13.3. The molecular weight excluding hydrogens is 250 g/mol. The van der Waals surface area contributed by atoms with Crippen LogP contribution in [0.15, 0.2) is 12.4 Å². The third-order valence-corrected chi connectivity index (χ3v) is 3.35. The van der Waals surface area contributed by atoms with Gasteiger partial charge in [-0.1, -0.05) is 11.6 Å². The molecule has 2 aromatic rings. The highest BCUT2D eigenvalue weighted by Crippen LogP contribution is 2.23. The summed E-state index contributed by atoms with van der Waals surface area (Å²) in [5.74, 6) is 0. The lowest BCUT2D eigenvalue weighted by molar-refractivity contribution is 0.626. The van der Waals surface area contributed by atoms with E-state index in [0.29, 0.717) is 11.4 Å². The normalized spacial score (nSPS) is 12.7. The van der Waals surface area contributed by atoms with Gasteiger partial charge in [-0.2, -0.15) is 5.10 Å². The van der Waals surface area contributed by atoms with Crippen LogP contribution in [0, 0.1) is 13.8 Å². The molecule has 0 aliphatic rings. The highest BCUT2D eigenvalue weighted by atomic mass is 35.5. The fraction of sp³-hybridized carbons (Fsp3) is 0.417. The maximum absolute atomic E-state index is 6.20. The van der Waals surface area contributed by atoms with Crippen molar-refractivity contribution in [2.45, 2.75) is 26.3 Å². The number of rotatable bonds is 3. The fourth-order valence-corrected chi connectivity index (χ4v) is 2.05. The summed E-state index contributed by atoms with van der Waals surface area (Å²) in [6.45, 7) is 3.77. The molecule has 1 unspecified atom stereocenters. The molecule has 0 radical (unpaired) electrons. The van der Waals surface area contributed by atoms with Crippen LogP contribution in [0.4, 0.5) is 0 Å². The Morgan fingerprint density at radius 1 is 1.33 bits per heavy atom. The fourth-order valence-electron chi connectivity index (χ4n) is 1.81. The molecule has 2 aromatic heterocycles. The Hall–Kier alpha value is -1.46. The van der Waals surface area contributed by atoms with Crippen LogP contribution in [0.5, 0.6) is 0 Å². The summed E-state index contributed by atoms with van der Waals surface area (Å²) in [4.78, 5) is 8.47. The van der Waals surface area contributed by atoms with E-state index in [0.717, 1.165) is 22.8 Å². The van der Waals surface area contributed by atoms with Crippen LogP contribution in [0.1, 0.15) is 28.8 Å². The molecule has 0 spiro atoms. The molecule has 0 aliphatic heterocycles. The van der Waals surface area contributed by atoms with E-state index in [1.165, 1.54) is 0 Å². The Kier molecular flexibility index (Phi) is 3.63. The Balaban J connectivity index is 2.21. The number of hydrogen-bond donors (Lipinski definition) is 1. The maximum atomic E-state index is 6.20. The Bertz CT molecular complexity index is 546. The molecule has 0 amide bonds. The third-order valence-electron chi connectivity index (χ3n) is 2.86. The van der Waals surface area contributed by atoms with Gasteiger partial charge in [-0.15, -0.1) is 0 Å². The van der Waals surface area contributed by atoms with Gasteiger partial charge in [0.1, 0.15) is 0 Å². The molecule has 0 saturated heterocycles. The minimum atomic E-state index is -0.231. The minimum Gasteiger partial charge on any atom is -0.322 e. The summed E-state index contributed by atoms with van der Waals surface area (Å²) in [7, 11) is 1.86. The van der Waals surface area contributed by atoms with E-state index in [2.05, 4.69) is 15.1 Å². The van der Waals surface area contributed by atoms with E-state index >= 15 is 0 Å². The summed E-state index contributed by atoms with van der Waals surface area (Å²) < 4.78 is 1.76. The van der Waals surface area contributed by atoms with Gasteiger partial charge in [0.05, 0.1) is 40.0 Å². The van der Waals surface area contributed by atoms with E-state index in [1.807, 2.05) is 20.9 Å². The van der Waals surface area contributed by atoms with Crippen molar-refractivity contribution in [2.24, 2.45) is 12.8 Å². The molecule has 2 rings (SSSR count). The lowest BCUT2D eigenvalue weighted by Crippen LogP contribution is -2.17. The highest BCUT2D eigenvalue weighted by Gasteiger charge is 2.16. The molecule has 96 valence electrons. The van der Waals surface area contributed by atoms with Crippen molar-refractivity contribution in [1.82, 2.24) is 19.7 Å². The number of aryl methyl sites for hydroxylation is 3. The van der Waals surface area contributed by atoms with Crippen molar-refractivity contribution in [3.63, 3.8) is 0 Å². The van der Waals surface area contributed by atoms with E-state index in [1.54, 1.807) is 17.1 Å². The van der Waals surface area contributed by atoms with Gasteiger partial charge in [-0.25, -0.2) is 0 Å².